The molecule has 1 aromatic heterocycles. The van der Waals surface area contributed by atoms with Gasteiger partial charge in [-0.05, 0) is 30.5 Å². The van der Waals surface area contributed by atoms with Crippen molar-refractivity contribution in [1.29, 1.82) is 0 Å². The standard InChI is InChI=1S/C11H9NO4/c13-10(14)7-3-4-8-9-6(7)2-1-5-12(9)11(15)16-8/h3-4H,1-2,5H2,(H,13,14). The second kappa shape index (κ2) is 2.98. The van der Waals surface area contributed by atoms with Gasteiger partial charge in [-0.1, -0.05) is 0 Å². The van der Waals surface area contributed by atoms with Crippen LogP contribution in [0.5, 0.6) is 0 Å². The van der Waals surface area contributed by atoms with Gasteiger partial charge in [0.15, 0.2) is 5.58 Å². The zero-order valence-corrected chi connectivity index (χ0v) is 8.40. The van der Waals surface area contributed by atoms with Crippen LogP contribution in [0.2, 0.25) is 0 Å². The predicted molar refractivity (Wildman–Crippen MR) is 55.8 cm³/mol. The van der Waals surface area contributed by atoms with Crippen LogP contribution in [-0.4, -0.2) is 15.6 Å². The Hall–Kier alpha value is -2.04. The molecule has 2 heterocycles. The van der Waals surface area contributed by atoms with Gasteiger partial charge >= 0.3 is 11.7 Å². The van der Waals surface area contributed by atoms with Gasteiger partial charge in [0.25, 0.3) is 0 Å². The molecule has 16 heavy (non-hydrogen) atoms. The zero-order chi connectivity index (χ0) is 11.3. The number of rotatable bonds is 1. The minimum atomic E-state index is -0.959. The van der Waals surface area contributed by atoms with E-state index in [9.17, 15) is 9.59 Å². The summed E-state index contributed by atoms with van der Waals surface area (Å²) in [5, 5.41) is 9.06. The Morgan fingerprint density at radius 3 is 3.00 bits per heavy atom. The van der Waals surface area contributed by atoms with Crippen LogP contribution in [0, 0.1) is 0 Å². The number of carboxylic acids is 1. The van der Waals surface area contributed by atoms with E-state index < -0.39 is 11.7 Å². The molecule has 0 spiro atoms. The second-order valence-corrected chi connectivity index (χ2v) is 3.87. The van der Waals surface area contributed by atoms with Crippen LogP contribution >= 0.6 is 0 Å². The van der Waals surface area contributed by atoms with Crippen molar-refractivity contribution in [2.75, 3.05) is 0 Å². The molecule has 0 fully saturated rings. The Kier molecular flexibility index (Phi) is 1.71. The van der Waals surface area contributed by atoms with E-state index in [1.807, 2.05) is 0 Å². The number of aromatic carboxylic acids is 1. The molecule has 0 bridgehead atoms. The first kappa shape index (κ1) is 9.21. The lowest BCUT2D eigenvalue weighted by Gasteiger charge is -2.14. The van der Waals surface area contributed by atoms with Gasteiger partial charge in [-0.2, -0.15) is 0 Å². The van der Waals surface area contributed by atoms with Gasteiger partial charge in [-0.25, -0.2) is 9.59 Å². The third-order valence-corrected chi connectivity index (χ3v) is 2.97. The van der Waals surface area contributed by atoms with Gasteiger partial charge in [0.1, 0.15) is 0 Å². The van der Waals surface area contributed by atoms with E-state index in [1.54, 1.807) is 6.07 Å². The Labute approximate surface area is 89.9 Å². The highest BCUT2D eigenvalue weighted by atomic mass is 16.4. The molecular formula is C11H9NO4. The Bertz CT molecular complexity index is 650. The summed E-state index contributed by atoms with van der Waals surface area (Å²) in [6.45, 7) is 0.599. The molecule has 0 radical (unpaired) electrons. The molecule has 0 atom stereocenters. The number of nitrogens with zero attached hydrogens (tertiary/aromatic N) is 1. The van der Waals surface area contributed by atoms with Crippen LogP contribution in [-0.2, 0) is 13.0 Å². The lowest BCUT2D eigenvalue weighted by Crippen LogP contribution is -2.19. The molecule has 1 aromatic carbocycles. The Balaban J connectivity index is 2.49. The van der Waals surface area contributed by atoms with Crippen molar-refractivity contribution in [3.8, 4) is 0 Å². The number of carbonyl (C=O) groups is 1. The molecule has 1 aliphatic heterocycles. The first-order valence-electron chi connectivity index (χ1n) is 5.07. The summed E-state index contributed by atoms with van der Waals surface area (Å²) < 4.78 is 6.57. The fraction of sp³-hybridized carbons (Fsp3) is 0.273. The van der Waals surface area contributed by atoms with Gasteiger partial charge in [0, 0.05) is 6.54 Å². The number of aryl methyl sites for hydroxylation is 2. The average molecular weight is 219 g/mol. The predicted octanol–water partition coefficient (Wildman–Crippen LogP) is 1.24. The molecule has 0 aliphatic carbocycles. The number of hydrogen-bond donors (Lipinski definition) is 1. The molecule has 0 unspecified atom stereocenters. The number of aromatic nitrogens is 1. The van der Waals surface area contributed by atoms with Gasteiger partial charge in [0.05, 0.1) is 11.1 Å². The summed E-state index contributed by atoms with van der Waals surface area (Å²) in [6, 6.07) is 3.05. The molecule has 2 aromatic rings. The smallest absolute Gasteiger partial charge is 0.419 e. The van der Waals surface area contributed by atoms with Crippen molar-refractivity contribution >= 4 is 17.1 Å². The normalized spacial score (nSPS) is 14.2. The maximum atomic E-state index is 11.5. The largest absolute Gasteiger partial charge is 0.478 e. The number of benzene rings is 1. The molecule has 1 aliphatic rings. The summed E-state index contributed by atoms with van der Waals surface area (Å²) in [5.74, 6) is -1.36. The van der Waals surface area contributed by atoms with Crippen LogP contribution in [0.4, 0.5) is 0 Å². The number of hydrogen-bond acceptors (Lipinski definition) is 3. The maximum Gasteiger partial charge on any atom is 0.419 e. The van der Waals surface area contributed by atoms with E-state index in [2.05, 4.69) is 0 Å². The SMILES string of the molecule is O=C(O)c1ccc2oc(=O)n3c2c1CCC3. The van der Waals surface area contributed by atoms with Gasteiger partial charge in [-0.3, -0.25) is 4.57 Å². The fourth-order valence-electron chi connectivity index (χ4n) is 2.30. The topological polar surface area (TPSA) is 72.4 Å². The lowest BCUT2D eigenvalue weighted by molar-refractivity contribution is 0.0695. The summed E-state index contributed by atoms with van der Waals surface area (Å²) >= 11 is 0. The van der Waals surface area contributed by atoms with Crippen LogP contribution in [0.25, 0.3) is 11.1 Å². The lowest BCUT2D eigenvalue weighted by atomic mass is 9.98. The molecule has 82 valence electrons. The molecule has 0 amide bonds. The molecule has 0 saturated heterocycles. The monoisotopic (exact) mass is 219 g/mol. The van der Waals surface area contributed by atoms with Crippen LogP contribution in [0.3, 0.4) is 0 Å². The van der Waals surface area contributed by atoms with E-state index in [1.165, 1.54) is 10.6 Å². The minimum absolute atomic E-state index is 0.266. The first-order chi connectivity index (χ1) is 7.68. The van der Waals surface area contributed by atoms with E-state index in [0.29, 0.717) is 29.6 Å². The molecule has 1 N–H and O–H groups in total. The van der Waals surface area contributed by atoms with Gasteiger partial charge in [0.2, 0.25) is 0 Å². The number of oxazole rings is 1. The number of carboxylic acid groups (broad SMARTS) is 1. The highest BCUT2D eigenvalue weighted by Gasteiger charge is 2.22. The molecule has 0 saturated carbocycles. The minimum Gasteiger partial charge on any atom is -0.478 e. The van der Waals surface area contributed by atoms with Crippen molar-refractivity contribution in [2.45, 2.75) is 19.4 Å². The molecule has 5 heteroatoms. The van der Waals surface area contributed by atoms with Crippen LogP contribution in [0.15, 0.2) is 21.3 Å². The summed E-state index contributed by atoms with van der Waals surface area (Å²) in [4.78, 5) is 22.5. The van der Waals surface area contributed by atoms with E-state index in [-0.39, 0.29) is 5.56 Å². The zero-order valence-electron chi connectivity index (χ0n) is 8.40. The highest BCUT2D eigenvalue weighted by molar-refractivity contribution is 5.95. The van der Waals surface area contributed by atoms with E-state index in [0.717, 1.165) is 6.42 Å². The van der Waals surface area contributed by atoms with Crippen molar-refractivity contribution in [1.82, 2.24) is 4.57 Å². The summed E-state index contributed by atoms with van der Waals surface area (Å²) in [5.41, 5.74) is 2.10. The van der Waals surface area contributed by atoms with Crippen molar-refractivity contribution in [2.24, 2.45) is 0 Å². The molecular weight excluding hydrogens is 210 g/mol. The van der Waals surface area contributed by atoms with Crippen LogP contribution in [0.1, 0.15) is 22.3 Å². The van der Waals surface area contributed by atoms with Crippen molar-refractivity contribution in [3.05, 3.63) is 33.8 Å². The Morgan fingerprint density at radius 1 is 1.44 bits per heavy atom. The second-order valence-electron chi connectivity index (χ2n) is 3.87. The average Bonchev–Trinajstić information content (AvgIpc) is 2.58. The molecule has 3 rings (SSSR count). The third kappa shape index (κ3) is 1.05. The molecule has 5 nitrogen and oxygen atoms in total. The third-order valence-electron chi connectivity index (χ3n) is 2.97. The Morgan fingerprint density at radius 2 is 2.25 bits per heavy atom. The summed E-state index contributed by atoms with van der Waals surface area (Å²) in [7, 11) is 0. The summed E-state index contributed by atoms with van der Waals surface area (Å²) in [6.07, 6.45) is 1.45. The van der Waals surface area contributed by atoms with Gasteiger partial charge < -0.3 is 9.52 Å². The van der Waals surface area contributed by atoms with Crippen molar-refractivity contribution < 1.29 is 14.3 Å². The van der Waals surface area contributed by atoms with Gasteiger partial charge in [-0.15, -0.1) is 0 Å². The van der Waals surface area contributed by atoms with Crippen LogP contribution < -0.4 is 5.76 Å². The van der Waals surface area contributed by atoms with E-state index in [4.69, 9.17) is 9.52 Å². The van der Waals surface area contributed by atoms with Crippen molar-refractivity contribution in [3.63, 3.8) is 0 Å². The highest BCUT2D eigenvalue weighted by Crippen LogP contribution is 2.27. The van der Waals surface area contributed by atoms with E-state index >= 15 is 0 Å². The maximum absolute atomic E-state index is 11.5. The fourth-order valence-corrected chi connectivity index (χ4v) is 2.30. The first-order valence-corrected chi connectivity index (χ1v) is 5.07. The quantitative estimate of drug-likeness (QED) is 0.783.